The highest BCUT2D eigenvalue weighted by Crippen LogP contribution is 2.39. The molecule has 28 heavy (non-hydrogen) atoms. The first-order valence-electron chi connectivity index (χ1n) is 8.83. The number of nitrogens with one attached hydrogen (secondary N) is 1. The van der Waals surface area contributed by atoms with Crippen molar-refractivity contribution >= 4 is 33.9 Å². The van der Waals surface area contributed by atoms with E-state index in [-0.39, 0.29) is 11.5 Å². The molecule has 4 rings (SSSR count). The van der Waals surface area contributed by atoms with E-state index in [1.165, 1.54) is 0 Å². The molecule has 1 aromatic heterocycles. The summed E-state index contributed by atoms with van der Waals surface area (Å²) in [5.41, 5.74) is 4.67. The minimum absolute atomic E-state index is 0.202. The van der Waals surface area contributed by atoms with Crippen LogP contribution in [0, 0.1) is 10.1 Å². The number of rotatable bonds is 6. The van der Waals surface area contributed by atoms with Crippen molar-refractivity contribution < 1.29 is 7.99 Å². The van der Waals surface area contributed by atoms with Crippen LogP contribution in [0.4, 0.5) is 0 Å². The number of halogens is 1. The van der Waals surface area contributed by atoms with Gasteiger partial charge in [0.05, 0.1) is 11.6 Å². The number of nitro groups is 1. The van der Waals surface area contributed by atoms with E-state index in [0.717, 1.165) is 33.3 Å². The lowest BCUT2D eigenvalue weighted by Gasteiger charge is -2.16. The summed E-state index contributed by atoms with van der Waals surface area (Å²) in [6, 6.07) is 25.4. The lowest BCUT2D eigenvalue weighted by Crippen LogP contribution is -2.14. The van der Waals surface area contributed by atoms with Crippen molar-refractivity contribution in [2.75, 3.05) is 6.54 Å². The standard InChI is InChI=1S/C22H17IN2O3/c23-28-17-10-6-9-16(13-17)19(14-25(26)27)21-18-11-4-5-12-20(18)24-22(21)15-7-2-1-3-8-15/h1-13,19,24H,14H2. The number of aromatic amines is 1. The van der Waals surface area contributed by atoms with E-state index < -0.39 is 5.92 Å². The fourth-order valence-electron chi connectivity index (χ4n) is 3.65. The molecular weight excluding hydrogens is 467 g/mol. The summed E-state index contributed by atoms with van der Waals surface area (Å²) in [4.78, 5) is 14.8. The summed E-state index contributed by atoms with van der Waals surface area (Å²) < 4.78 is 5.32. The van der Waals surface area contributed by atoms with Crippen LogP contribution in [0.15, 0.2) is 78.9 Å². The van der Waals surface area contributed by atoms with E-state index >= 15 is 0 Å². The van der Waals surface area contributed by atoms with Gasteiger partial charge in [0.25, 0.3) is 0 Å². The average Bonchev–Trinajstić information content (AvgIpc) is 3.12. The smallest absolute Gasteiger partial charge is 0.214 e. The van der Waals surface area contributed by atoms with Crippen molar-refractivity contribution in [3.05, 3.63) is 100 Å². The average molecular weight is 484 g/mol. The lowest BCUT2D eigenvalue weighted by molar-refractivity contribution is -0.481. The molecule has 0 saturated carbocycles. The molecule has 0 fully saturated rings. The van der Waals surface area contributed by atoms with Crippen LogP contribution in [0.1, 0.15) is 17.0 Å². The fraction of sp³-hybridized carbons (Fsp3) is 0.0909. The van der Waals surface area contributed by atoms with E-state index in [4.69, 9.17) is 3.07 Å². The third kappa shape index (κ3) is 3.60. The molecule has 0 saturated heterocycles. The number of benzene rings is 3. The second kappa shape index (κ2) is 8.02. The second-order valence-corrected chi connectivity index (χ2v) is 6.98. The van der Waals surface area contributed by atoms with Crippen molar-refractivity contribution in [1.29, 1.82) is 0 Å². The SMILES string of the molecule is O=[N+]([O-])CC(c1cccc(OI)c1)c1c(-c2ccccc2)[nH]c2ccccc12. The molecular formula is C22H17IN2O3. The molecule has 5 nitrogen and oxygen atoms in total. The number of hydrogen-bond donors (Lipinski definition) is 1. The van der Waals surface area contributed by atoms with Crippen molar-refractivity contribution in [3.8, 4) is 17.0 Å². The van der Waals surface area contributed by atoms with Gasteiger partial charge in [-0.1, -0.05) is 60.7 Å². The predicted octanol–water partition coefficient (Wildman–Crippen LogP) is 5.97. The molecule has 0 radical (unpaired) electrons. The Morgan fingerprint density at radius 3 is 2.50 bits per heavy atom. The second-order valence-electron chi connectivity index (χ2n) is 6.54. The van der Waals surface area contributed by atoms with Gasteiger partial charge in [0.2, 0.25) is 6.54 Å². The number of nitrogens with zero attached hydrogens (tertiary/aromatic N) is 1. The molecule has 1 unspecified atom stereocenters. The molecule has 0 amide bonds. The Hall–Kier alpha value is -2.87. The quantitative estimate of drug-likeness (QED) is 0.208. The van der Waals surface area contributed by atoms with E-state index in [1.807, 2.05) is 102 Å². The number of hydrogen-bond acceptors (Lipinski definition) is 3. The van der Waals surface area contributed by atoms with E-state index in [0.29, 0.717) is 5.75 Å². The highest BCUT2D eigenvalue weighted by molar-refractivity contribution is 14.1. The lowest BCUT2D eigenvalue weighted by atomic mass is 9.87. The summed E-state index contributed by atoms with van der Waals surface area (Å²) in [6.07, 6.45) is 0. The van der Waals surface area contributed by atoms with Crippen LogP contribution in [0.5, 0.6) is 5.75 Å². The minimum atomic E-state index is -0.409. The van der Waals surface area contributed by atoms with Crippen LogP contribution < -0.4 is 3.07 Å². The Morgan fingerprint density at radius 1 is 1.00 bits per heavy atom. The highest BCUT2D eigenvalue weighted by atomic mass is 127. The molecule has 4 aromatic rings. The van der Waals surface area contributed by atoms with E-state index in [2.05, 4.69) is 4.98 Å². The van der Waals surface area contributed by atoms with Gasteiger partial charge in [-0.25, -0.2) is 0 Å². The Labute approximate surface area is 176 Å². The summed E-state index contributed by atoms with van der Waals surface area (Å²) in [5.74, 6) is 0.264. The van der Waals surface area contributed by atoms with Gasteiger partial charge >= 0.3 is 0 Å². The third-order valence-corrected chi connectivity index (χ3v) is 5.35. The first kappa shape index (κ1) is 18.5. The fourth-order valence-corrected chi connectivity index (χ4v) is 3.92. The molecule has 140 valence electrons. The maximum Gasteiger partial charge on any atom is 0.214 e. The van der Waals surface area contributed by atoms with E-state index in [1.54, 1.807) is 0 Å². The van der Waals surface area contributed by atoms with Gasteiger partial charge < -0.3 is 8.05 Å². The van der Waals surface area contributed by atoms with Crippen LogP contribution >= 0.6 is 23.0 Å². The van der Waals surface area contributed by atoms with Gasteiger partial charge in [-0.3, -0.25) is 10.1 Å². The van der Waals surface area contributed by atoms with Crippen LogP contribution in [-0.4, -0.2) is 16.5 Å². The zero-order chi connectivity index (χ0) is 19.5. The predicted molar refractivity (Wildman–Crippen MR) is 119 cm³/mol. The zero-order valence-corrected chi connectivity index (χ0v) is 17.0. The third-order valence-electron chi connectivity index (χ3n) is 4.84. The molecule has 0 aliphatic rings. The number of H-pyrrole nitrogens is 1. The van der Waals surface area contributed by atoms with Gasteiger partial charge in [0.1, 0.15) is 5.75 Å². The molecule has 6 heteroatoms. The van der Waals surface area contributed by atoms with Gasteiger partial charge in [-0.05, 0) is 34.9 Å². The molecule has 3 aromatic carbocycles. The number of aromatic nitrogens is 1. The Balaban J connectivity index is 1.98. The van der Waals surface area contributed by atoms with Crippen LogP contribution in [0.3, 0.4) is 0 Å². The van der Waals surface area contributed by atoms with Gasteiger partial charge in [-0.15, -0.1) is 0 Å². The molecule has 0 aliphatic heterocycles. The maximum absolute atomic E-state index is 11.6. The van der Waals surface area contributed by atoms with Gasteiger partial charge in [0.15, 0.2) is 23.0 Å². The van der Waals surface area contributed by atoms with Gasteiger partial charge in [0, 0.05) is 15.8 Å². The minimum Gasteiger partial charge on any atom is -0.428 e. The maximum atomic E-state index is 11.6. The Morgan fingerprint density at radius 2 is 1.75 bits per heavy atom. The summed E-state index contributed by atoms with van der Waals surface area (Å²) in [6.45, 7) is -0.202. The highest BCUT2D eigenvalue weighted by Gasteiger charge is 2.27. The number of para-hydroxylation sites is 1. The van der Waals surface area contributed by atoms with Crippen molar-refractivity contribution in [2.45, 2.75) is 5.92 Å². The topological polar surface area (TPSA) is 68.2 Å². The van der Waals surface area contributed by atoms with Crippen molar-refractivity contribution in [3.63, 3.8) is 0 Å². The van der Waals surface area contributed by atoms with Crippen LogP contribution in [-0.2, 0) is 0 Å². The molecule has 0 aliphatic carbocycles. The Bertz CT molecular complexity index is 1130. The molecule has 1 heterocycles. The first-order valence-corrected chi connectivity index (χ1v) is 9.72. The van der Waals surface area contributed by atoms with Crippen molar-refractivity contribution in [2.24, 2.45) is 0 Å². The first-order chi connectivity index (χ1) is 13.7. The summed E-state index contributed by atoms with van der Waals surface area (Å²) in [5, 5.41) is 12.6. The largest absolute Gasteiger partial charge is 0.428 e. The Kier molecular flexibility index (Phi) is 5.29. The van der Waals surface area contributed by atoms with Crippen LogP contribution in [0.25, 0.3) is 22.2 Å². The molecule has 0 bridgehead atoms. The monoisotopic (exact) mass is 484 g/mol. The van der Waals surface area contributed by atoms with Crippen LogP contribution in [0.2, 0.25) is 0 Å². The van der Waals surface area contributed by atoms with Gasteiger partial charge in [-0.2, -0.15) is 0 Å². The summed E-state index contributed by atoms with van der Waals surface area (Å²) in [7, 11) is 0. The van der Waals surface area contributed by atoms with Crippen molar-refractivity contribution in [1.82, 2.24) is 4.98 Å². The molecule has 1 atom stereocenters. The summed E-state index contributed by atoms with van der Waals surface area (Å²) >= 11 is 1.82. The number of fused-ring (bicyclic) bond motifs is 1. The zero-order valence-electron chi connectivity index (χ0n) is 14.8. The van der Waals surface area contributed by atoms with E-state index in [9.17, 15) is 10.1 Å². The molecule has 0 spiro atoms. The normalized spacial score (nSPS) is 12.0. The molecule has 1 N–H and O–H groups in total.